The number of rotatable bonds is 4. The molecule has 0 aliphatic heterocycles. The summed E-state index contributed by atoms with van der Waals surface area (Å²) in [6.45, 7) is 1.74. The van der Waals surface area contributed by atoms with Crippen LogP contribution in [-0.2, 0) is 10.2 Å². The molecular formula is C16H17NO2. The van der Waals surface area contributed by atoms with Crippen LogP contribution in [0.5, 0.6) is 5.75 Å². The molecule has 0 radical (unpaired) electrons. The predicted molar refractivity (Wildman–Crippen MR) is 75.1 cm³/mol. The van der Waals surface area contributed by atoms with Gasteiger partial charge in [0, 0.05) is 6.54 Å². The molecule has 1 unspecified atom stereocenters. The fourth-order valence-corrected chi connectivity index (χ4v) is 2.42. The maximum absolute atomic E-state index is 12.2. The highest BCUT2D eigenvalue weighted by Gasteiger charge is 2.37. The van der Waals surface area contributed by atoms with Crippen molar-refractivity contribution in [3.8, 4) is 5.75 Å². The number of hydrogen-bond donors (Lipinski definition) is 2. The van der Waals surface area contributed by atoms with Crippen LogP contribution < -0.4 is 5.73 Å². The Bertz CT molecular complexity index is 563. The summed E-state index contributed by atoms with van der Waals surface area (Å²) in [6, 6.07) is 16.1. The summed E-state index contributed by atoms with van der Waals surface area (Å²) in [6.07, 6.45) is 0. The van der Waals surface area contributed by atoms with E-state index in [0.29, 0.717) is 0 Å². The molecule has 0 amide bonds. The van der Waals surface area contributed by atoms with E-state index in [9.17, 15) is 9.90 Å². The first-order valence-electron chi connectivity index (χ1n) is 6.17. The molecule has 0 fully saturated rings. The van der Waals surface area contributed by atoms with Gasteiger partial charge in [-0.25, -0.2) is 0 Å². The number of ketones is 1. The van der Waals surface area contributed by atoms with E-state index in [-0.39, 0.29) is 18.1 Å². The first-order chi connectivity index (χ1) is 9.11. The minimum Gasteiger partial charge on any atom is -0.508 e. The second kappa shape index (κ2) is 5.24. The van der Waals surface area contributed by atoms with Crippen LogP contribution >= 0.6 is 0 Å². The van der Waals surface area contributed by atoms with Gasteiger partial charge in [0.2, 0.25) is 0 Å². The lowest BCUT2D eigenvalue weighted by Gasteiger charge is -2.31. The van der Waals surface area contributed by atoms with Crippen molar-refractivity contribution in [2.24, 2.45) is 5.73 Å². The summed E-state index contributed by atoms with van der Waals surface area (Å²) in [7, 11) is 0. The van der Waals surface area contributed by atoms with Crippen molar-refractivity contribution >= 4 is 5.78 Å². The lowest BCUT2D eigenvalue weighted by molar-refractivity contribution is -0.120. The van der Waals surface area contributed by atoms with Gasteiger partial charge in [-0.2, -0.15) is 0 Å². The summed E-state index contributed by atoms with van der Waals surface area (Å²) >= 11 is 0. The molecule has 0 saturated heterocycles. The number of phenols is 1. The third-order valence-electron chi connectivity index (χ3n) is 3.53. The number of Topliss-reactive ketones (excluding diaryl/α,β-unsaturated/α-hetero) is 1. The maximum atomic E-state index is 12.2. The van der Waals surface area contributed by atoms with E-state index in [1.165, 1.54) is 0 Å². The zero-order valence-corrected chi connectivity index (χ0v) is 10.8. The van der Waals surface area contributed by atoms with Crippen LogP contribution in [0.3, 0.4) is 0 Å². The molecule has 0 saturated carbocycles. The second-order valence-electron chi connectivity index (χ2n) is 4.58. The third kappa shape index (κ3) is 2.25. The Morgan fingerprint density at radius 1 is 1.05 bits per heavy atom. The second-order valence-corrected chi connectivity index (χ2v) is 4.58. The Morgan fingerprint density at radius 3 is 2.05 bits per heavy atom. The summed E-state index contributed by atoms with van der Waals surface area (Å²) in [5.41, 5.74) is 6.74. The molecule has 0 spiro atoms. The van der Waals surface area contributed by atoms with E-state index in [2.05, 4.69) is 0 Å². The van der Waals surface area contributed by atoms with Gasteiger partial charge in [0.05, 0.1) is 5.41 Å². The van der Waals surface area contributed by atoms with Crippen LogP contribution in [0.4, 0.5) is 0 Å². The summed E-state index contributed by atoms with van der Waals surface area (Å²) in [5.74, 6) is 0.165. The number of hydrogen-bond acceptors (Lipinski definition) is 3. The molecule has 0 aliphatic rings. The van der Waals surface area contributed by atoms with Gasteiger partial charge in [-0.05, 0) is 30.2 Å². The first-order valence-corrected chi connectivity index (χ1v) is 6.17. The molecule has 3 N–H and O–H groups in total. The number of phenolic OH excluding ortho intramolecular Hbond substituents is 1. The van der Waals surface area contributed by atoms with Crippen LogP contribution in [0.15, 0.2) is 54.6 Å². The fraction of sp³-hybridized carbons (Fsp3) is 0.188. The van der Waals surface area contributed by atoms with E-state index in [1.54, 1.807) is 31.2 Å². The largest absolute Gasteiger partial charge is 0.508 e. The lowest BCUT2D eigenvalue weighted by Crippen LogP contribution is -2.42. The topological polar surface area (TPSA) is 63.3 Å². The van der Waals surface area contributed by atoms with Crippen molar-refractivity contribution in [1.82, 2.24) is 0 Å². The Balaban J connectivity index is 2.64. The highest BCUT2D eigenvalue weighted by atomic mass is 16.3. The normalized spacial score (nSPS) is 13.8. The first kappa shape index (κ1) is 13.3. The van der Waals surface area contributed by atoms with E-state index in [4.69, 9.17) is 5.73 Å². The monoisotopic (exact) mass is 255 g/mol. The number of nitrogens with two attached hydrogens (primary N) is 1. The zero-order valence-electron chi connectivity index (χ0n) is 10.8. The Morgan fingerprint density at radius 2 is 1.58 bits per heavy atom. The van der Waals surface area contributed by atoms with Crippen molar-refractivity contribution < 1.29 is 9.90 Å². The van der Waals surface area contributed by atoms with Gasteiger partial charge in [0.25, 0.3) is 0 Å². The standard InChI is InChI=1S/C16H17NO2/c1-12(18)16(11-17,13-5-3-2-4-6-13)14-7-9-15(19)10-8-14/h2-10,19H,11,17H2,1H3. The molecule has 1 atom stereocenters. The molecule has 0 heterocycles. The van der Waals surface area contributed by atoms with E-state index >= 15 is 0 Å². The SMILES string of the molecule is CC(=O)C(CN)(c1ccccc1)c1ccc(O)cc1. The molecule has 2 aromatic rings. The van der Waals surface area contributed by atoms with Crippen LogP contribution in [0.1, 0.15) is 18.1 Å². The van der Waals surface area contributed by atoms with Crippen molar-refractivity contribution in [1.29, 1.82) is 0 Å². The minimum atomic E-state index is -0.852. The average Bonchev–Trinajstić information content (AvgIpc) is 2.43. The van der Waals surface area contributed by atoms with Crippen LogP contribution in [-0.4, -0.2) is 17.4 Å². The molecule has 2 rings (SSSR count). The molecular weight excluding hydrogens is 238 g/mol. The van der Waals surface area contributed by atoms with Gasteiger partial charge >= 0.3 is 0 Å². The number of carbonyl (C=O) groups excluding carboxylic acids is 1. The molecule has 98 valence electrons. The van der Waals surface area contributed by atoms with Gasteiger partial charge < -0.3 is 10.8 Å². The molecule has 3 heteroatoms. The lowest BCUT2D eigenvalue weighted by atomic mass is 9.71. The van der Waals surface area contributed by atoms with Gasteiger partial charge in [-0.1, -0.05) is 42.5 Å². The highest BCUT2D eigenvalue weighted by molar-refractivity contribution is 5.92. The van der Waals surface area contributed by atoms with Crippen LogP contribution in [0.2, 0.25) is 0 Å². The summed E-state index contributed by atoms with van der Waals surface area (Å²) in [4.78, 5) is 12.2. The van der Waals surface area contributed by atoms with Gasteiger partial charge in [-0.3, -0.25) is 4.79 Å². The van der Waals surface area contributed by atoms with E-state index < -0.39 is 5.41 Å². The Kier molecular flexibility index (Phi) is 3.67. The molecule has 0 aliphatic carbocycles. The van der Waals surface area contributed by atoms with Gasteiger partial charge in [0.15, 0.2) is 0 Å². The molecule has 0 aromatic heterocycles. The van der Waals surface area contributed by atoms with Crippen molar-refractivity contribution in [2.75, 3.05) is 6.54 Å². The number of aromatic hydroxyl groups is 1. The van der Waals surface area contributed by atoms with Gasteiger partial charge in [0.1, 0.15) is 11.5 Å². The summed E-state index contributed by atoms with van der Waals surface area (Å²) < 4.78 is 0. The minimum absolute atomic E-state index is 0.00751. The summed E-state index contributed by atoms with van der Waals surface area (Å²) in [5, 5.41) is 9.39. The van der Waals surface area contributed by atoms with E-state index in [1.807, 2.05) is 30.3 Å². The maximum Gasteiger partial charge on any atom is 0.146 e. The van der Waals surface area contributed by atoms with Crippen molar-refractivity contribution in [3.05, 3.63) is 65.7 Å². The Labute approximate surface area is 112 Å². The highest BCUT2D eigenvalue weighted by Crippen LogP contribution is 2.33. The number of benzene rings is 2. The van der Waals surface area contributed by atoms with E-state index in [0.717, 1.165) is 11.1 Å². The van der Waals surface area contributed by atoms with Crippen LogP contribution in [0, 0.1) is 0 Å². The molecule has 2 aromatic carbocycles. The quantitative estimate of drug-likeness (QED) is 0.880. The molecule has 0 bridgehead atoms. The predicted octanol–water partition coefficient (Wildman–Crippen LogP) is 2.23. The Hall–Kier alpha value is -2.13. The van der Waals surface area contributed by atoms with Gasteiger partial charge in [-0.15, -0.1) is 0 Å². The zero-order chi connectivity index (χ0) is 13.9. The fourth-order valence-electron chi connectivity index (χ4n) is 2.42. The third-order valence-corrected chi connectivity index (χ3v) is 3.53. The van der Waals surface area contributed by atoms with Crippen LogP contribution in [0.25, 0.3) is 0 Å². The van der Waals surface area contributed by atoms with Crippen molar-refractivity contribution in [3.63, 3.8) is 0 Å². The number of carbonyl (C=O) groups is 1. The molecule has 19 heavy (non-hydrogen) atoms. The van der Waals surface area contributed by atoms with Crippen molar-refractivity contribution in [2.45, 2.75) is 12.3 Å². The smallest absolute Gasteiger partial charge is 0.146 e. The molecule has 3 nitrogen and oxygen atoms in total. The average molecular weight is 255 g/mol.